The van der Waals surface area contributed by atoms with E-state index in [-0.39, 0.29) is 22.7 Å². The van der Waals surface area contributed by atoms with E-state index < -0.39 is 9.84 Å². The number of hydrogen-bond donors (Lipinski definition) is 0. The quantitative estimate of drug-likeness (QED) is 0.613. The van der Waals surface area contributed by atoms with Crippen LogP contribution in [0.25, 0.3) is 10.2 Å². The van der Waals surface area contributed by atoms with E-state index in [4.69, 9.17) is 0 Å². The Balaban J connectivity index is 1.51. The van der Waals surface area contributed by atoms with Crippen molar-refractivity contribution < 1.29 is 13.2 Å². The molecule has 4 rings (SSSR count). The van der Waals surface area contributed by atoms with Gasteiger partial charge in [-0.1, -0.05) is 24.3 Å². The van der Waals surface area contributed by atoms with Crippen LogP contribution in [0.2, 0.25) is 0 Å². The summed E-state index contributed by atoms with van der Waals surface area (Å²) in [6, 6.07) is 15.4. The fourth-order valence-electron chi connectivity index (χ4n) is 3.25. The Hall–Kier alpha value is -1.90. The highest BCUT2D eigenvalue weighted by Gasteiger charge is 2.29. The second kappa shape index (κ2) is 7.85. The molecule has 0 aliphatic carbocycles. The molecule has 2 heterocycles. The van der Waals surface area contributed by atoms with Gasteiger partial charge in [0.05, 0.1) is 33.8 Å². The molecule has 8 heteroatoms. The van der Waals surface area contributed by atoms with E-state index in [2.05, 4.69) is 4.98 Å². The summed E-state index contributed by atoms with van der Waals surface area (Å²) in [5.41, 5.74) is 1.56. The van der Waals surface area contributed by atoms with Gasteiger partial charge in [-0.25, -0.2) is 13.4 Å². The van der Waals surface area contributed by atoms with Gasteiger partial charge in [-0.2, -0.15) is 0 Å². The number of rotatable bonds is 5. The molecule has 2 aromatic carbocycles. The second-order valence-corrected chi connectivity index (χ2v) is 11.6. The Labute approximate surface area is 172 Å². The summed E-state index contributed by atoms with van der Waals surface area (Å²) >= 11 is 3.09. The number of hydrogen-bond acceptors (Lipinski definition) is 6. The molecule has 1 fully saturated rings. The monoisotopic (exact) mass is 432 g/mol. The minimum atomic E-state index is -2.94. The Morgan fingerprint density at radius 2 is 1.96 bits per heavy atom. The molecule has 1 unspecified atom stereocenters. The molecule has 0 spiro atoms. The maximum atomic E-state index is 13.1. The summed E-state index contributed by atoms with van der Waals surface area (Å²) in [7, 11) is -1.17. The van der Waals surface area contributed by atoms with Gasteiger partial charge in [-0.05, 0) is 30.7 Å². The van der Waals surface area contributed by atoms with Crippen molar-refractivity contribution in [3.63, 3.8) is 0 Å². The fourth-order valence-corrected chi connectivity index (χ4v) is 7.89. The molecule has 0 bridgehead atoms. The number of benzene rings is 2. The van der Waals surface area contributed by atoms with Gasteiger partial charge >= 0.3 is 0 Å². The first-order valence-corrected chi connectivity index (χ1v) is 12.5. The zero-order valence-corrected chi connectivity index (χ0v) is 17.8. The SMILES string of the molecule is CN(Cc1nc2ccccc2s1)C(=O)c1ccccc1SC1CCS(=O)(=O)C1. The van der Waals surface area contributed by atoms with Crippen LogP contribution in [0.5, 0.6) is 0 Å². The molecule has 1 amide bonds. The highest BCUT2D eigenvalue weighted by molar-refractivity contribution is 8.02. The van der Waals surface area contributed by atoms with Crippen molar-refractivity contribution in [1.29, 1.82) is 0 Å². The van der Waals surface area contributed by atoms with Crippen molar-refractivity contribution in [3.05, 3.63) is 59.1 Å². The van der Waals surface area contributed by atoms with Crippen LogP contribution in [-0.2, 0) is 16.4 Å². The predicted octanol–water partition coefficient (Wildman–Crippen LogP) is 3.85. The average molecular weight is 433 g/mol. The van der Waals surface area contributed by atoms with E-state index in [9.17, 15) is 13.2 Å². The molecular formula is C20H20N2O3S3. The van der Waals surface area contributed by atoms with E-state index in [1.807, 2.05) is 48.5 Å². The third-order valence-electron chi connectivity index (χ3n) is 4.66. The molecule has 1 aromatic heterocycles. The Kier molecular flexibility index (Phi) is 5.44. The summed E-state index contributed by atoms with van der Waals surface area (Å²) in [6.07, 6.45) is 0.636. The van der Waals surface area contributed by atoms with Crippen LogP contribution in [-0.4, -0.2) is 48.0 Å². The number of fused-ring (bicyclic) bond motifs is 1. The third kappa shape index (κ3) is 4.24. The lowest BCUT2D eigenvalue weighted by molar-refractivity contribution is 0.0781. The molecule has 28 heavy (non-hydrogen) atoms. The van der Waals surface area contributed by atoms with Crippen molar-refractivity contribution in [2.75, 3.05) is 18.6 Å². The lowest BCUT2D eigenvalue weighted by Crippen LogP contribution is -2.26. The molecule has 0 N–H and O–H groups in total. The van der Waals surface area contributed by atoms with Gasteiger partial charge in [0, 0.05) is 17.2 Å². The van der Waals surface area contributed by atoms with Crippen molar-refractivity contribution in [2.45, 2.75) is 23.1 Å². The molecule has 5 nitrogen and oxygen atoms in total. The second-order valence-electron chi connectivity index (χ2n) is 6.88. The van der Waals surface area contributed by atoms with Gasteiger partial charge in [0.15, 0.2) is 9.84 Å². The van der Waals surface area contributed by atoms with Gasteiger partial charge in [0.2, 0.25) is 0 Å². The first kappa shape index (κ1) is 19.4. The number of carbonyl (C=O) groups excluding carboxylic acids is 1. The van der Waals surface area contributed by atoms with Crippen LogP contribution in [0.4, 0.5) is 0 Å². The van der Waals surface area contributed by atoms with E-state index in [1.165, 1.54) is 11.8 Å². The van der Waals surface area contributed by atoms with Gasteiger partial charge in [0.25, 0.3) is 5.91 Å². The fraction of sp³-hybridized carbons (Fsp3) is 0.300. The largest absolute Gasteiger partial charge is 0.335 e. The molecule has 0 saturated carbocycles. The van der Waals surface area contributed by atoms with Crippen LogP contribution in [0.15, 0.2) is 53.4 Å². The summed E-state index contributed by atoms with van der Waals surface area (Å²) < 4.78 is 24.6. The number of carbonyl (C=O) groups is 1. The first-order chi connectivity index (χ1) is 13.4. The standard InChI is InChI=1S/C20H20N2O3S3/c1-22(12-19-21-16-7-3-5-9-18(16)27-19)20(23)15-6-2-4-8-17(15)26-14-10-11-28(24,25)13-14/h2-9,14H,10-13H2,1H3. The van der Waals surface area contributed by atoms with E-state index in [1.54, 1.807) is 23.3 Å². The maximum absolute atomic E-state index is 13.1. The minimum Gasteiger partial charge on any atom is -0.335 e. The molecule has 3 aromatic rings. The van der Waals surface area contributed by atoms with Crippen molar-refractivity contribution in [2.24, 2.45) is 0 Å². The number of amides is 1. The number of aromatic nitrogens is 1. The first-order valence-electron chi connectivity index (χ1n) is 8.97. The van der Waals surface area contributed by atoms with Crippen molar-refractivity contribution in [3.8, 4) is 0 Å². The van der Waals surface area contributed by atoms with Crippen LogP contribution >= 0.6 is 23.1 Å². The molecule has 1 atom stereocenters. The Morgan fingerprint density at radius 1 is 1.21 bits per heavy atom. The van der Waals surface area contributed by atoms with Gasteiger partial charge in [-0.3, -0.25) is 4.79 Å². The van der Waals surface area contributed by atoms with Crippen molar-refractivity contribution in [1.82, 2.24) is 9.88 Å². The zero-order valence-electron chi connectivity index (χ0n) is 15.4. The molecule has 0 radical (unpaired) electrons. The van der Waals surface area contributed by atoms with Gasteiger partial charge in [-0.15, -0.1) is 23.1 Å². The van der Waals surface area contributed by atoms with Crippen molar-refractivity contribution >= 4 is 49.1 Å². The molecule has 1 aliphatic rings. The minimum absolute atomic E-state index is 0.00789. The smallest absolute Gasteiger partial charge is 0.255 e. The maximum Gasteiger partial charge on any atom is 0.255 e. The highest BCUT2D eigenvalue weighted by atomic mass is 32.2. The summed E-state index contributed by atoms with van der Waals surface area (Å²) in [6.45, 7) is 0.439. The van der Waals surface area contributed by atoms with E-state index in [0.29, 0.717) is 18.5 Å². The van der Waals surface area contributed by atoms with E-state index >= 15 is 0 Å². The Bertz CT molecular complexity index is 1090. The summed E-state index contributed by atoms with van der Waals surface area (Å²) in [5, 5.41) is 0.901. The number of thioether (sulfide) groups is 1. The van der Waals surface area contributed by atoms with E-state index in [0.717, 1.165) is 20.1 Å². The summed E-state index contributed by atoms with van der Waals surface area (Å²) in [4.78, 5) is 20.2. The summed E-state index contributed by atoms with van der Waals surface area (Å²) in [5.74, 6) is 0.336. The van der Waals surface area contributed by atoms with Crippen LogP contribution in [0, 0.1) is 0 Å². The number of thiazole rings is 1. The highest BCUT2D eigenvalue weighted by Crippen LogP contribution is 2.33. The number of nitrogens with zero attached hydrogens (tertiary/aromatic N) is 2. The van der Waals surface area contributed by atoms with Crippen LogP contribution in [0.1, 0.15) is 21.8 Å². The lowest BCUT2D eigenvalue weighted by Gasteiger charge is -2.18. The average Bonchev–Trinajstić information content (AvgIpc) is 3.23. The molecule has 146 valence electrons. The normalized spacial score (nSPS) is 18.4. The zero-order chi connectivity index (χ0) is 19.7. The van der Waals surface area contributed by atoms with Crippen LogP contribution in [0.3, 0.4) is 0 Å². The predicted molar refractivity (Wildman–Crippen MR) is 115 cm³/mol. The molecule has 1 aliphatic heterocycles. The molecule has 1 saturated heterocycles. The topological polar surface area (TPSA) is 67.3 Å². The lowest BCUT2D eigenvalue weighted by atomic mass is 10.2. The number of sulfone groups is 1. The third-order valence-corrected chi connectivity index (χ3v) is 9.00. The van der Waals surface area contributed by atoms with Gasteiger partial charge < -0.3 is 4.90 Å². The van der Waals surface area contributed by atoms with Gasteiger partial charge in [0.1, 0.15) is 5.01 Å². The number of para-hydroxylation sites is 1. The molecular weight excluding hydrogens is 412 g/mol. The van der Waals surface area contributed by atoms with Crippen LogP contribution < -0.4 is 0 Å². The Morgan fingerprint density at radius 3 is 2.71 bits per heavy atom.